The Morgan fingerprint density at radius 3 is 3.09 bits per heavy atom. The van der Waals surface area contributed by atoms with E-state index in [9.17, 15) is 4.79 Å². The molecule has 1 aliphatic rings. The number of rotatable bonds is 2. The molecule has 0 bridgehead atoms. The Balaban J connectivity index is 2.38. The summed E-state index contributed by atoms with van der Waals surface area (Å²) in [6, 6.07) is 1.41. The van der Waals surface area contributed by atoms with E-state index in [1.807, 2.05) is 6.07 Å². The second-order valence-corrected chi connectivity index (χ2v) is 2.75. The topological polar surface area (TPSA) is 78.9 Å². The summed E-state index contributed by atoms with van der Waals surface area (Å²) < 4.78 is 0. The van der Waals surface area contributed by atoms with Crippen molar-refractivity contribution in [2.24, 2.45) is 11.7 Å². The van der Waals surface area contributed by atoms with Crippen LogP contribution in [0.15, 0.2) is 0 Å². The number of hydrogen-bond donors (Lipinski definition) is 2. The van der Waals surface area contributed by atoms with Crippen molar-refractivity contribution in [3.8, 4) is 6.07 Å². The molecule has 60 valence electrons. The molecule has 0 radical (unpaired) electrons. The minimum absolute atomic E-state index is 0.0374. The van der Waals surface area contributed by atoms with Gasteiger partial charge in [0.1, 0.15) is 0 Å². The van der Waals surface area contributed by atoms with E-state index in [1.165, 1.54) is 0 Å². The summed E-state index contributed by atoms with van der Waals surface area (Å²) in [5.41, 5.74) is 5.37. The average molecular weight is 153 g/mol. The smallest absolute Gasteiger partial charge is 0.223 e. The first-order valence-electron chi connectivity index (χ1n) is 3.67. The zero-order valence-electron chi connectivity index (χ0n) is 6.21. The number of carbonyl (C=O) groups is 1. The van der Waals surface area contributed by atoms with Gasteiger partial charge in [-0.15, -0.1) is 0 Å². The third kappa shape index (κ3) is 1.92. The maximum atomic E-state index is 10.9. The van der Waals surface area contributed by atoms with Crippen LogP contribution in [0.2, 0.25) is 0 Å². The van der Waals surface area contributed by atoms with Gasteiger partial charge >= 0.3 is 0 Å². The fourth-order valence-electron chi connectivity index (χ4n) is 1.23. The number of nitrogens with two attached hydrogens (primary N) is 1. The standard InChI is InChI=1S/C7H11N3O/c8-4-6(9)3-5-1-2-10-7(5)11/h5-6H,1-3,9H2,(H,10,11)/t5-,6?/m0/s1. The molecule has 0 aliphatic carbocycles. The summed E-state index contributed by atoms with van der Waals surface area (Å²) in [6.45, 7) is 0.724. The molecule has 1 fully saturated rings. The van der Waals surface area contributed by atoms with Crippen molar-refractivity contribution in [2.75, 3.05) is 6.54 Å². The number of amides is 1. The highest BCUT2D eigenvalue weighted by Crippen LogP contribution is 2.14. The summed E-state index contributed by atoms with van der Waals surface area (Å²) in [5.74, 6) is 0.000324. The molecule has 1 heterocycles. The number of hydrogen-bond acceptors (Lipinski definition) is 3. The average Bonchev–Trinajstić information content (AvgIpc) is 2.37. The van der Waals surface area contributed by atoms with E-state index in [-0.39, 0.29) is 11.8 Å². The van der Waals surface area contributed by atoms with Crippen molar-refractivity contribution < 1.29 is 4.79 Å². The zero-order chi connectivity index (χ0) is 8.27. The van der Waals surface area contributed by atoms with Gasteiger partial charge in [0, 0.05) is 12.5 Å². The Morgan fingerprint density at radius 2 is 2.64 bits per heavy atom. The highest BCUT2D eigenvalue weighted by Gasteiger charge is 2.25. The Labute approximate surface area is 65.4 Å². The lowest BCUT2D eigenvalue weighted by molar-refractivity contribution is -0.122. The van der Waals surface area contributed by atoms with Gasteiger partial charge in [0.2, 0.25) is 5.91 Å². The number of nitrogens with zero attached hydrogens (tertiary/aromatic N) is 1. The van der Waals surface area contributed by atoms with Crippen molar-refractivity contribution in [3.05, 3.63) is 0 Å². The molecule has 0 aromatic rings. The molecular weight excluding hydrogens is 142 g/mol. The predicted molar refractivity (Wildman–Crippen MR) is 39.3 cm³/mol. The van der Waals surface area contributed by atoms with Crippen LogP contribution in [0.5, 0.6) is 0 Å². The molecule has 4 heteroatoms. The van der Waals surface area contributed by atoms with E-state index in [2.05, 4.69) is 5.32 Å². The molecule has 1 unspecified atom stereocenters. The third-order valence-electron chi connectivity index (χ3n) is 1.87. The van der Waals surface area contributed by atoms with Gasteiger partial charge in [-0.2, -0.15) is 5.26 Å². The molecule has 3 N–H and O–H groups in total. The lowest BCUT2D eigenvalue weighted by Crippen LogP contribution is -2.26. The van der Waals surface area contributed by atoms with Gasteiger partial charge in [-0.05, 0) is 12.8 Å². The van der Waals surface area contributed by atoms with Gasteiger partial charge in [-0.25, -0.2) is 0 Å². The molecule has 1 amide bonds. The molecule has 1 rings (SSSR count). The van der Waals surface area contributed by atoms with Crippen LogP contribution < -0.4 is 11.1 Å². The minimum atomic E-state index is -0.496. The second kappa shape index (κ2) is 3.35. The molecular formula is C7H11N3O. The summed E-state index contributed by atoms with van der Waals surface area (Å²) in [5, 5.41) is 11.1. The lowest BCUT2D eigenvalue weighted by Gasteiger charge is -2.06. The Morgan fingerprint density at radius 1 is 1.91 bits per heavy atom. The second-order valence-electron chi connectivity index (χ2n) is 2.75. The number of nitrogens with one attached hydrogen (secondary N) is 1. The van der Waals surface area contributed by atoms with Gasteiger partial charge in [0.15, 0.2) is 0 Å². The van der Waals surface area contributed by atoms with Crippen LogP contribution >= 0.6 is 0 Å². The molecule has 1 aliphatic heterocycles. The minimum Gasteiger partial charge on any atom is -0.356 e. The van der Waals surface area contributed by atoms with Crippen molar-refractivity contribution in [2.45, 2.75) is 18.9 Å². The van der Waals surface area contributed by atoms with Crippen molar-refractivity contribution in [1.29, 1.82) is 5.26 Å². The van der Waals surface area contributed by atoms with E-state index < -0.39 is 6.04 Å². The Bertz CT molecular complexity index is 196. The molecule has 11 heavy (non-hydrogen) atoms. The maximum Gasteiger partial charge on any atom is 0.223 e. The van der Waals surface area contributed by atoms with Crippen LogP contribution in [0, 0.1) is 17.2 Å². The summed E-state index contributed by atoms with van der Waals surface area (Å²) >= 11 is 0. The molecule has 0 saturated carbocycles. The molecule has 2 atom stereocenters. The van der Waals surface area contributed by atoms with Crippen molar-refractivity contribution >= 4 is 5.91 Å². The van der Waals surface area contributed by atoms with Gasteiger partial charge in [-0.1, -0.05) is 0 Å². The quantitative estimate of drug-likeness (QED) is 0.554. The van der Waals surface area contributed by atoms with Gasteiger partial charge < -0.3 is 11.1 Å². The van der Waals surface area contributed by atoms with E-state index in [4.69, 9.17) is 11.0 Å². The van der Waals surface area contributed by atoms with Crippen molar-refractivity contribution in [1.82, 2.24) is 5.32 Å². The Hall–Kier alpha value is -1.08. The predicted octanol–water partition coefficient (Wildman–Crippen LogP) is -0.637. The zero-order valence-corrected chi connectivity index (χ0v) is 6.21. The van der Waals surface area contributed by atoms with Crippen LogP contribution in [0.1, 0.15) is 12.8 Å². The molecule has 0 spiro atoms. The van der Waals surface area contributed by atoms with Gasteiger partial charge in [-0.3, -0.25) is 4.79 Å². The third-order valence-corrected chi connectivity index (χ3v) is 1.87. The number of carbonyl (C=O) groups excluding carboxylic acids is 1. The first-order chi connectivity index (χ1) is 5.24. The molecule has 1 saturated heterocycles. The van der Waals surface area contributed by atoms with E-state index in [0.29, 0.717) is 6.42 Å². The normalized spacial score (nSPS) is 25.8. The summed E-state index contributed by atoms with van der Waals surface area (Å²) in [6.07, 6.45) is 1.30. The van der Waals surface area contributed by atoms with Crippen LogP contribution in [0.3, 0.4) is 0 Å². The van der Waals surface area contributed by atoms with Crippen molar-refractivity contribution in [3.63, 3.8) is 0 Å². The molecule has 0 aromatic heterocycles. The van der Waals surface area contributed by atoms with Gasteiger partial charge in [0.05, 0.1) is 12.1 Å². The maximum absolute atomic E-state index is 10.9. The monoisotopic (exact) mass is 153 g/mol. The first kappa shape index (κ1) is 8.02. The van der Waals surface area contributed by atoms with Gasteiger partial charge in [0.25, 0.3) is 0 Å². The lowest BCUT2D eigenvalue weighted by atomic mass is 10.00. The number of nitriles is 1. The largest absolute Gasteiger partial charge is 0.356 e. The summed E-state index contributed by atoms with van der Waals surface area (Å²) in [7, 11) is 0. The SMILES string of the molecule is N#CC(N)C[C@@H]1CCNC1=O. The summed E-state index contributed by atoms with van der Waals surface area (Å²) in [4.78, 5) is 10.9. The first-order valence-corrected chi connectivity index (χ1v) is 3.67. The van der Waals surface area contributed by atoms with E-state index in [0.717, 1.165) is 13.0 Å². The molecule has 0 aromatic carbocycles. The van der Waals surface area contributed by atoms with Crippen LogP contribution in [-0.4, -0.2) is 18.5 Å². The van der Waals surface area contributed by atoms with Crippen LogP contribution in [0.4, 0.5) is 0 Å². The highest BCUT2D eigenvalue weighted by molar-refractivity contribution is 5.80. The fourth-order valence-corrected chi connectivity index (χ4v) is 1.23. The fraction of sp³-hybridized carbons (Fsp3) is 0.714. The van der Waals surface area contributed by atoms with E-state index in [1.54, 1.807) is 0 Å². The highest BCUT2D eigenvalue weighted by atomic mass is 16.2. The Kier molecular flexibility index (Phi) is 2.44. The molecule has 4 nitrogen and oxygen atoms in total. The van der Waals surface area contributed by atoms with Crippen LogP contribution in [-0.2, 0) is 4.79 Å². The van der Waals surface area contributed by atoms with E-state index >= 15 is 0 Å². The van der Waals surface area contributed by atoms with Crippen LogP contribution in [0.25, 0.3) is 0 Å².